The van der Waals surface area contributed by atoms with Gasteiger partial charge in [-0.2, -0.15) is 0 Å². The number of rotatable bonds is 4. The summed E-state index contributed by atoms with van der Waals surface area (Å²) in [6, 6.07) is 11.8. The molecule has 0 aromatic heterocycles. The van der Waals surface area contributed by atoms with Gasteiger partial charge in [0.15, 0.2) is 11.6 Å². The molecule has 4 heteroatoms. The van der Waals surface area contributed by atoms with Crippen molar-refractivity contribution in [3.63, 3.8) is 0 Å². The summed E-state index contributed by atoms with van der Waals surface area (Å²) < 4.78 is 26.1. The van der Waals surface area contributed by atoms with Gasteiger partial charge in [0.2, 0.25) is 0 Å². The second kappa shape index (κ2) is 5.80. The first-order chi connectivity index (χ1) is 9.10. The van der Waals surface area contributed by atoms with E-state index in [9.17, 15) is 8.78 Å². The maximum atomic E-state index is 13.2. The van der Waals surface area contributed by atoms with E-state index in [1.807, 2.05) is 36.2 Å². The van der Waals surface area contributed by atoms with Crippen LogP contribution in [0.3, 0.4) is 0 Å². The molecule has 0 saturated carbocycles. The Morgan fingerprint density at radius 1 is 1.00 bits per heavy atom. The van der Waals surface area contributed by atoms with Crippen molar-refractivity contribution in [3.8, 4) is 0 Å². The summed E-state index contributed by atoms with van der Waals surface area (Å²) in [5, 5.41) is 0. The van der Waals surface area contributed by atoms with Gasteiger partial charge in [-0.3, -0.25) is 0 Å². The number of nitrogens with two attached hydrogens (primary N) is 1. The van der Waals surface area contributed by atoms with Gasteiger partial charge in [0.25, 0.3) is 0 Å². The summed E-state index contributed by atoms with van der Waals surface area (Å²) in [5.74, 6) is -1.66. The van der Waals surface area contributed by atoms with Crippen LogP contribution in [0.4, 0.5) is 14.5 Å². The zero-order chi connectivity index (χ0) is 13.8. The SMILES string of the molecule is CN(Cc1cccc(CN)c1)c1ccc(F)c(F)c1. The molecule has 19 heavy (non-hydrogen) atoms. The van der Waals surface area contributed by atoms with E-state index < -0.39 is 11.6 Å². The van der Waals surface area contributed by atoms with Crippen LogP contribution < -0.4 is 10.6 Å². The summed E-state index contributed by atoms with van der Waals surface area (Å²) in [4.78, 5) is 1.86. The summed E-state index contributed by atoms with van der Waals surface area (Å²) >= 11 is 0. The minimum atomic E-state index is -0.833. The number of nitrogens with zero attached hydrogens (tertiary/aromatic N) is 1. The standard InChI is InChI=1S/C15H16F2N2/c1-19(13-5-6-14(16)15(17)8-13)10-12-4-2-3-11(7-12)9-18/h2-8H,9-10,18H2,1H3. The van der Waals surface area contributed by atoms with Crippen molar-refractivity contribution in [2.45, 2.75) is 13.1 Å². The number of hydrogen-bond donors (Lipinski definition) is 1. The van der Waals surface area contributed by atoms with Gasteiger partial charge in [0, 0.05) is 31.9 Å². The molecule has 0 radical (unpaired) electrons. The van der Waals surface area contributed by atoms with Crippen molar-refractivity contribution in [2.24, 2.45) is 5.73 Å². The summed E-state index contributed by atoms with van der Waals surface area (Å²) in [5.41, 5.74) is 8.36. The summed E-state index contributed by atoms with van der Waals surface area (Å²) in [7, 11) is 1.84. The van der Waals surface area contributed by atoms with E-state index in [0.29, 0.717) is 18.8 Å². The van der Waals surface area contributed by atoms with Crippen LogP contribution in [0.2, 0.25) is 0 Å². The highest BCUT2D eigenvalue weighted by Gasteiger charge is 2.07. The average molecular weight is 262 g/mol. The van der Waals surface area contributed by atoms with Crippen molar-refractivity contribution in [3.05, 3.63) is 65.2 Å². The van der Waals surface area contributed by atoms with Crippen LogP contribution in [0.1, 0.15) is 11.1 Å². The minimum absolute atomic E-state index is 0.489. The van der Waals surface area contributed by atoms with E-state index in [-0.39, 0.29) is 0 Å². The van der Waals surface area contributed by atoms with Gasteiger partial charge >= 0.3 is 0 Å². The maximum Gasteiger partial charge on any atom is 0.160 e. The van der Waals surface area contributed by atoms with Gasteiger partial charge < -0.3 is 10.6 Å². The van der Waals surface area contributed by atoms with Gasteiger partial charge in [-0.15, -0.1) is 0 Å². The molecule has 0 aliphatic rings. The van der Waals surface area contributed by atoms with Crippen LogP contribution in [-0.4, -0.2) is 7.05 Å². The first-order valence-corrected chi connectivity index (χ1v) is 6.04. The smallest absolute Gasteiger partial charge is 0.160 e. The third kappa shape index (κ3) is 3.29. The lowest BCUT2D eigenvalue weighted by Crippen LogP contribution is -2.16. The van der Waals surface area contributed by atoms with E-state index >= 15 is 0 Å². The molecule has 0 aliphatic carbocycles. The fraction of sp³-hybridized carbons (Fsp3) is 0.200. The number of benzene rings is 2. The van der Waals surface area contributed by atoms with E-state index in [4.69, 9.17) is 5.73 Å². The predicted molar refractivity (Wildman–Crippen MR) is 72.8 cm³/mol. The lowest BCUT2D eigenvalue weighted by atomic mass is 10.1. The summed E-state index contributed by atoms with van der Waals surface area (Å²) in [6.45, 7) is 1.10. The minimum Gasteiger partial charge on any atom is -0.370 e. The fourth-order valence-corrected chi connectivity index (χ4v) is 1.94. The molecule has 2 aromatic carbocycles. The maximum absolute atomic E-state index is 13.2. The Labute approximate surface area is 111 Å². The highest BCUT2D eigenvalue weighted by molar-refractivity contribution is 5.46. The molecule has 0 spiro atoms. The van der Waals surface area contributed by atoms with Gasteiger partial charge in [0.1, 0.15) is 0 Å². The highest BCUT2D eigenvalue weighted by atomic mass is 19.2. The largest absolute Gasteiger partial charge is 0.370 e. The van der Waals surface area contributed by atoms with Crippen molar-refractivity contribution in [2.75, 3.05) is 11.9 Å². The van der Waals surface area contributed by atoms with Crippen molar-refractivity contribution in [1.82, 2.24) is 0 Å². The second-order valence-corrected chi connectivity index (χ2v) is 4.48. The molecule has 2 N–H and O–H groups in total. The summed E-state index contributed by atoms with van der Waals surface area (Å²) in [6.07, 6.45) is 0. The Morgan fingerprint density at radius 3 is 2.42 bits per heavy atom. The fourth-order valence-electron chi connectivity index (χ4n) is 1.94. The molecule has 0 saturated heterocycles. The number of halogens is 2. The Balaban J connectivity index is 2.15. The normalized spacial score (nSPS) is 10.5. The number of hydrogen-bond acceptors (Lipinski definition) is 2. The highest BCUT2D eigenvalue weighted by Crippen LogP contribution is 2.19. The van der Waals surface area contributed by atoms with Crippen molar-refractivity contribution < 1.29 is 8.78 Å². The monoisotopic (exact) mass is 262 g/mol. The first kappa shape index (κ1) is 13.5. The Kier molecular flexibility index (Phi) is 4.12. The van der Waals surface area contributed by atoms with Crippen molar-refractivity contribution >= 4 is 5.69 Å². The van der Waals surface area contributed by atoms with E-state index in [1.54, 1.807) is 6.07 Å². The van der Waals surface area contributed by atoms with Crippen LogP contribution in [0.25, 0.3) is 0 Å². The van der Waals surface area contributed by atoms with Gasteiger partial charge in [-0.05, 0) is 23.3 Å². The molecule has 0 aliphatic heterocycles. The van der Waals surface area contributed by atoms with Gasteiger partial charge in [-0.1, -0.05) is 24.3 Å². The van der Waals surface area contributed by atoms with Crippen LogP contribution in [0.15, 0.2) is 42.5 Å². The van der Waals surface area contributed by atoms with Crippen LogP contribution in [0.5, 0.6) is 0 Å². The molecule has 0 bridgehead atoms. The molecule has 0 atom stereocenters. The molecule has 0 fully saturated rings. The predicted octanol–water partition coefficient (Wildman–Crippen LogP) is 3.06. The van der Waals surface area contributed by atoms with Gasteiger partial charge in [0.05, 0.1) is 0 Å². The van der Waals surface area contributed by atoms with Crippen LogP contribution in [-0.2, 0) is 13.1 Å². The van der Waals surface area contributed by atoms with Crippen LogP contribution >= 0.6 is 0 Å². The molecule has 0 heterocycles. The third-order valence-corrected chi connectivity index (χ3v) is 2.99. The molecular weight excluding hydrogens is 246 g/mol. The Bertz CT molecular complexity index is 570. The molecular formula is C15H16F2N2. The first-order valence-electron chi connectivity index (χ1n) is 6.04. The zero-order valence-electron chi connectivity index (χ0n) is 10.7. The van der Waals surface area contributed by atoms with E-state index in [2.05, 4.69) is 0 Å². The van der Waals surface area contributed by atoms with Crippen LogP contribution in [0, 0.1) is 11.6 Å². The average Bonchev–Trinajstić information content (AvgIpc) is 2.42. The second-order valence-electron chi connectivity index (χ2n) is 4.48. The molecule has 2 nitrogen and oxygen atoms in total. The molecule has 2 rings (SSSR count). The topological polar surface area (TPSA) is 29.3 Å². The third-order valence-electron chi connectivity index (χ3n) is 2.99. The Morgan fingerprint density at radius 2 is 1.74 bits per heavy atom. The quantitative estimate of drug-likeness (QED) is 0.917. The number of anilines is 1. The molecule has 0 unspecified atom stereocenters. The lowest BCUT2D eigenvalue weighted by molar-refractivity contribution is 0.508. The molecule has 2 aromatic rings. The van der Waals surface area contributed by atoms with E-state index in [1.165, 1.54) is 6.07 Å². The van der Waals surface area contributed by atoms with Gasteiger partial charge in [-0.25, -0.2) is 8.78 Å². The van der Waals surface area contributed by atoms with Crippen molar-refractivity contribution in [1.29, 1.82) is 0 Å². The van der Waals surface area contributed by atoms with E-state index in [0.717, 1.165) is 17.2 Å². The zero-order valence-corrected chi connectivity index (χ0v) is 10.7. The molecule has 0 amide bonds. The molecule has 100 valence electrons. The Hall–Kier alpha value is -1.94. The lowest BCUT2D eigenvalue weighted by Gasteiger charge is -2.20.